The number of rotatable bonds is 5. The molecule has 0 aliphatic heterocycles. The Morgan fingerprint density at radius 1 is 0.700 bits per heavy atom. The van der Waals surface area contributed by atoms with Crippen LogP contribution in [-0.4, -0.2) is 4.57 Å². The van der Waals surface area contributed by atoms with Crippen molar-refractivity contribution in [1.29, 1.82) is 0 Å². The minimum atomic E-state index is 1.06. The lowest BCUT2D eigenvalue weighted by molar-refractivity contribution is 0.651. The van der Waals surface area contributed by atoms with Gasteiger partial charge >= 0.3 is 0 Å². The Kier molecular flexibility index (Phi) is 3.98. The largest absolute Gasteiger partial charge is 0.347 e. The van der Waals surface area contributed by atoms with Gasteiger partial charge in [-0.15, -0.1) is 0 Å². The quantitative estimate of drug-likeness (QED) is 0.622. The van der Waals surface area contributed by atoms with Crippen molar-refractivity contribution in [3.63, 3.8) is 0 Å². The minimum Gasteiger partial charge on any atom is -0.347 e. The minimum absolute atomic E-state index is 1.06. The summed E-state index contributed by atoms with van der Waals surface area (Å²) in [5, 5.41) is 0. The third kappa shape index (κ3) is 3.00. The van der Waals surface area contributed by atoms with Gasteiger partial charge in [0.2, 0.25) is 0 Å². The predicted molar refractivity (Wildman–Crippen MR) is 84.6 cm³/mol. The first kappa shape index (κ1) is 12.7. The van der Waals surface area contributed by atoms with E-state index in [0.29, 0.717) is 0 Å². The molecule has 0 aliphatic rings. The molecular weight excluding hydrogens is 242 g/mol. The highest BCUT2D eigenvalue weighted by Crippen LogP contribution is 2.20. The first-order valence-corrected chi connectivity index (χ1v) is 7.18. The van der Waals surface area contributed by atoms with Gasteiger partial charge in [-0.2, -0.15) is 0 Å². The maximum Gasteiger partial charge on any atom is 0.0480 e. The molecular formula is C19H19N. The lowest BCUT2D eigenvalue weighted by Crippen LogP contribution is -2.00. The van der Waals surface area contributed by atoms with E-state index < -0.39 is 0 Å². The van der Waals surface area contributed by atoms with E-state index in [1.807, 2.05) is 0 Å². The van der Waals surface area contributed by atoms with E-state index in [1.165, 1.54) is 23.2 Å². The summed E-state index contributed by atoms with van der Waals surface area (Å²) in [5.41, 5.74) is 4.01. The van der Waals surface area contributed by atoms with Crippen molar-refractivity contribution in [3.05, 3.63) is 84.6 Å². The summed E-state index contributed by atoms with van der Waals surface area (Å²) in [6.45, 7) is 1.06. The topological polar surface area (TPSA) is 4.93 Å². The van der Waals surface area contributed by atoms with Crippen LogP contribution in [0.15, 0.2) is 79.0 Å². The average molecular weight is 261 g/mol. The lowest BCUT2D eigenvalue weighted by atomic mass is 10.1. The van der Waals surface area contributed by atoms with Gasteiger partial charge < -0.3 is 4.57 Å². The second-order valence-corrected chi connectivity index (χ2v) is 5.04. The van der Waals surface area contributed by atoms with E-state index in [4.69, 9.17) is 0 Å². The number of nitrogens with zero attached hydrogens (tertiary/aromatic N) is 1. The number of hydrogen-bond donors (Lipinski definition) is 0. The normalized spacial score (nSPS) is 10.6. The molecule has 20 heavy (non-hydrogen) atoms. The van der Waals surface area contributed by atoms with Gasteiger partial charge in [-0.25, -0.2) is 0 Å². The smallest absolute Gasteiger partial charge is 0.0480 e. The van der Waals surface area contributed by atoms with E-state index in [0.717, 1.165) is 13.0 Å². The summed E-state index contributed by atoms with van der Waals surface area (Å²) in [6, 6.07) is 25.6. The lowest BCUT2D eigenvalue weighted by Gasteiger charge is -2.09. The molecule has 0 amide bonds. The molecule has 0 saturated carbocycles. The first-order chi connectivity index (χ1) is 9.93. The predicted octanol–water partition coefficient (Wildman–Crippen LogP) is 4.79. The van der Waals surface area contributed by atoms with Crippen LogP contribution in [0.4, 0.5) is 0 Å². The van der Waals surface area contributed by atoms with E-state index in [2.05, 4.69) is 83.6 Å². The van der Waals surface area contributed by atoms with Crippen molar-refractivity contribution in [3.8, 4) is 11.3 Å². The van der Waals surface area contributed by atoms with Crippen molar-refractivity contribution >= 4 is 0 Å². The highest BCUT2D eigenvalue weighted by Gasteiger charge is 2.03. The maximum absolute atomic E-state index is 2.35. The molecule has 1 heteroatoms. The molecule has 3 aromatic rings. The van der Waals surface area contributed by atoms with Crippen molar-refractivity contribution in [1.82, 2.24) is 4.57 Å². The fourth-order valence-corrected chi connectivity index (χ4v) is 2.58. The zero-order valence-corrected chi connectivity index (χ0v) is 11.6. The molecule has 2 aromatic carbocycles. The fraction of sp³-hybridized carbons (Fsp3) is 0.158. The van der Waals surface area contributed by atoms with Crippen LogP contribution in [0.3, 0.4) is 0 Å². The first-order valence-electron chi connectivity index (χ1n) is 7.18. The Morgan fingerprint density at radius 2 is 1.40 bits per heavy atom. The second-order valence-electron chi connectivity index (χ2n) is 5.04. The van der Waals surface area contributed by atoms with Gasteiger partial charge in [-0.05, 0) is 36.1 Å². The molecule has 0 atom stereocenters. The molecule has 1 heterocycles. The Morgan fingerprint density at radius 3 is 2.15 bits per heavy atom. The summed E-state index contributed by atoms with van der Waals surface area (Å²) in [7, 11) is 0. The Labute approximate surface area is 120 Å². The molecule has 0 unspecified atom stereocenters. The van der Waals surface area contributed by atoms with E-state index in [9.17, 15) is 0 Å². The van der Waals surface area contributed by atoms with Crippen molar-refractivity contribution < 1.29 is 0 Å². The van der Waals surface area contributed by atoms with Crippen molar-refractivity contribution in [2.24, 2.45) is 0 Å². The van der Waals surface area contributed by atoms with Crippen LogP contribution >= 0.6 is 0 Å². The van der Waals surface area contributed by atoms with Crippen LogP contribution in [0.5, 0.6) is 0 Å². The van der Waals surface area contributed by atoms with E-state index in [1.54, 1.807) is 0 Å². The van der Waals surface area contributed by atoms with Gasteiger partial charge in [0, 0.05) is 18.4 Å². The molecule has 0 saturated heterocycles. The Balaban J connectivity index is 1.66. The molecule has 0 radical (unpaired) electrons. The zero-order chi connectivity index (χ0) is 13.6. The Bertz CT molecular complexity index is 638. The standard InChI is InChI=1S/C19H19N/c1-3-9-17(10-4-1)11-7-15-20-16-8-14-19(20)18-12-5-2-6-13-18/h1-6,8-10,12-14,16H,7,11,15H2. The summed E-state index contributed by atoms with van der Waals surface area (Å²) in [6.07, 6.45) is 4.47. The highest BCUT2D eigenvalue weighted by molar-refractivity contribution is 5.59. The van der Waals surface area contributed by atoms with Gasteiger partial charge in [0.15, 0.2) is 0 Å². The molecule has 0 spiro atoms. The number of aryl methyl sites for hydroxylation is 2. The molecule has 0 fully saturated rings. The summed E-state index contributed by atoms with van der Waals surface area (Å²) in [5.74, 6) is 0. The van der Waals surface area contributed by atoms with Crippen molar-refractivity contribution in [2.75, 3.05) is 0 Å². The molecule has 1 aromatic heterocycles. The van der Waals surface area contributed by atoms with Crippen LogP contribution in [0, 0.1) is 0 Å². The van der Waals surface area contributed by atoms with E-state index in [-0.39, 0.29) is 0 Å². The zero-order valence-electron chi connectivity index (χ0n) is 11.6. The van der Waals surface area contributed by atoms with Crippen molar-refractivity contribution in [2.45, 2.75) is 19.4 Å². The second kappa shape index (κ2) is 6.25. The van der Waals surface area contributed by atoms with Crippen LogP contribution in [-0.2, 0) is 13.0 Å². The van der Waals surface area contributed by atoms with Crippen LogP contribution in [0.1, 0.15) is 12.0 Å². The van der Waals surface area contributed by atoms with Crippen LogP contribution < -0.4 is 0 Å². The maximum atomic E-state index is 2.35. The Hall–Kier alpha value is -2.28. The fourth-order valence-electron chi connectivity index (χ4n) is 2.58. The highest BCUT2D eigenvalue weighted by atomic mass is 15.0. The summed E-state index contributed by atoms with van der Waals surface area (Å²) < 4.78 is 2.35. The average Bonchev–Trinajstić information content (AvgIpc) is 2.98. The number of hydrogen-bond acceptors (Lipinski definition) is 0. The third-order valence-electron chi connectivity index (χ3n) is 3.61. The van der Waals surface area contributed by atoms with Gasteiger partial charge in [0.25, 0.3) is 0 Å². The number of aromatic nitrogens is 1. The molecule has 0 bridgehead atoms. The van der Waals surface area contributed by atoms with E-state index >= 15 is 0 Å². The molecule has 0 aliphatic carbocycles. The number of benzene rings is 2. The molecule has 3 rings (SSSR count). The van der Waals surface area contributed by atoms with Gasteiger partial charge in [0.05, 0.1) is 0 Å². The third-order valence-corrected chi connectivity index (χ3v) is 3.61. The van der Waals surface area contributed by atoms with Gasteiger partial charge in [-0.3, -0.25) is 0 Å². The van der Waals surface area contributed by atoms with Crippen LogP contribution in [0.25, 0.3) is 11.3 Å². The monoisotopic (exact) mass is 261 g/mol. The molecule has 1 nitrogen and oxygen atoms in total. The van der Waals surface area contributed by atoms with Gasteiger partial charge in [-0.1, -0.05) is 60.7 Å². The van der Waals surface area contributed by atoms with Crippen LogP contribution in [0.2, 0.25) is 0 Å². The summed E-state index contributed by atoms with van der Waals surface area (Å²) >= 11 is 0. The SMILES string of the molecule is c1ccc(CCCn2cccc2-c2ccccc2)cc1. The molecule has 100 valence electrons. The van der Waals surface area contributed by atoms with Gasteiger partial charge in [0.1, 0.15) is 0 Å². The molecule has 0 N–H and O–H groups in total. The summed E-state index contributed by atoms with van der Waals surface area (Å²) in [4.78, 5) is 0.